The summed E-state index contributed by atoms with van der Waals surface area (Å²) in [6.45, 7) is 7.85. The molecule has 1 unspecified atom stereocenters. The zero-order valence-electron chi connectivity index (χ0n) is 12.6. The molecular formula is C16H21BrN2OS. The number of nitrogens with one attached hydrogen (secondary N) is 1. The summed E-state index contributed by atoms with van der Waals surface area (Å²) in [5.74, 6) is 0.954. The van der Waals surface area contributed by atoms with Gasteiger partial charge in [-0.3, -0.25) is 0 Å². The van der Waals surface area contributed by atoms with Crippen LogP contribution in [0.4, 0.5) is 0 Å². The van der Waals surface area contributed by atoms with Crippen molar-refractivity contribution in [1.82, 2.24) is 10.3 Å². The molecule has 0 aliphatic heterocycles. The molecule has 1 N–H and O–H groups in total. The minimum absolute atomic E-state index is 0.238. The van der Waals surface area contributed by atoms with Gasteiger partial charge in [0.25, 0.3) is 0 Å². The van der Waals surface area contributed by atoms with Crippen LogP contribution in [0.15, 0.2) is 28.9 Å². The second-order valence-corrected chi connectivity index (χ2v) is 7.19. The van der Waals surface area contributed by atoms with Crippen LogP contribution in [0.3, 0.4) is 0 Å². The zero-order valence-corrected chi connectivity index (χ0v) is 15.1. The maximum Gasteiger partial charge on any atom is 0.123 e. The Morgan fingerprint density at radius 1 is 1.43 bits per heavy atom. The van der Waals surface area contributed by atoms with E-state index in [1.165, 1.54) is 4.88 Å². The Balaban J connectivity index is 2.02. The van der Waals surface area contributed by atoms with Gasteiger partial charge in [0, 0.05) is 27.7 Å². The lowest BCUT2D eigenvalue weighted by atomic mass is 10.2. The third kappa shape index (κ3) is 4.80. The molecule has 0 bridgehead atoms. The van der Waals surface area contributed by atoms with Crippen LogP contribution in [0.1, 0.15) is 41.8 Å². The second kappa shape index (κ2) is 7.92. The maximum absolute atomic E-state index is 5.81. The molecule has 1 aromatic heterocycles. The average Bonchev–Trinajstić information content (AvgIpc) is 2.90. The third-order valence-electron chi connectivity index (χ3n) is 3.09. The van der Waals surface area contributed by atoms with Crippen molar-refractivity contribution >= 4 is 27.3 Å². The molecule has 3 nitrogen and oxygen atoms in total. The van der Waals surface area contributed by atoms with Gasteiger partial charge in [-0.2, -0.15) is 0 Å². The van der Waals surface area contributed by atoms with E-state index >= 15 is 0 Å². The third-order valence-corrected chi connectivity index (χ3v) is 4.68. The number of aryl methyl sites for hydroxylation is 1. The fourth-order valence-electron chi connectivity index (χ4n) is 1.96. The molecular weight excluding hydrogens is 348 g/mol. The first-order valence-corrected chi connectivity index (χ1v) is 8.78. The van der Waals surface area contributed by atoms with Gasteiger partial charge in [0.15, 0.2) is 0 Å². The topological polar surface area (TPSA) is 34.1 Å². The summed E-state index contributed by atoms with van der Waals surface area (Å²) in [6, 6.07) is 6.39. The number of hydrogen-bond acceptors (Lipinski definition) is 4. The van der Waals surface area contributed by atoms with Crippen LogP contribution in [0.25, 0.3) is 0 Å². The largest absolute Gasteiger partial charge is 0.493 e. The van der Waals surface area contributed by atoms with Crippen LogP contribution in [0, 0.1) is 6.92 Å². The smallest absolute Gasteiger partial charge is 0.123 e. The second-order valence-electron chi connectivity index (χ2n) is 5.01. The first kappa shape index (κ1) is 16.5. The summed E-state index contributed by atoms with van der Waals surface area (Å²) >= 11 is 5.26. The molecule has 0 saturated heterocycles. The van der Waals surface area contributed by atoms with Crippen LogP contribution < -0.4 is 10.1 Å². The van der Waals surface area contributed by atoms with Gasteiger partial charge in [0.1, 0.15) is 10.8 Å². The Morgan fingerprint density at radius 3 is 2.90 bits per heavy atom. The normalized spacial score (nSPS) is 12.4. The molecule has 21 heavy (non-hydrogen) atoms. The Bertz CT molecular complexity index is 585. The molecule has 0 fully saturated rings. The summed E-state index contributed by atoms with van der Waals surface area (Å²) in [7, 11) is 0. The van der Waals surface area contributed by atoms with Crippen molar-refractivity contribution in [2.24, 2.45) is 0 Å². The highest BCUT2D eigenvalue weighted by Crippen LogP contribution is 2.25. The van der Waals surface area contributed by atoms with Gasteiger partial charge in [0.05, 0.1) is 12.6 Å². The van der Waals surface area contributed by atoms with Crippen molar-refractivity contribution in [1.29, 1.82) is 0 Å². The van der Waals surface area contributed by atoms with Crippen LogP contribution in [-0.4, -0.2) is 11.6 Å². The van der Waals surface area contributed by atoms with Crippen molar-refractivity contribution in [3.05, 3.63) is 44.3 Å². The van der Waals surface area contributed by atoms with E-state index in [4.69, 9.17) is 4.74 Å². The predicted molar refractivity (Wildman–Crippen MR) is 92.0 cm³/mol. The van der Waals surface area contributed by atoms with Gasteiger partial charge in [-0.25, -0.2) is 4.98 Å². The number of thiazole rings is 1. The number of benzene rings is 1. The fourth-order valence-corrected chi connectivity index (χ4v) is 3.17. The molecule has 2 aromatic rings. The van der Waals surface area contributed by atoms with Crippen LogP contribution in [0.5, 0.6) is 5.75 Å². The van der Waals surface area contributed by atoms with Gasteiger partial charge in [-0.1, -0.05) is 22.9 Å². The number of nitrogens with zero attached hydrogens (tertiary/aromatic N) is 1. The Morgan fingerprint density at radius 2 is 2.24 bits per heavy atom. The van der Waals surface area contributed by atoms with Gasteiger partial charge in [-0.05, 0) is 38.5 Å². The molecule has 0 spiro atoms. The number of aromatic nitrogens is 1. The van der Waals surface area contributed by atoms with Crippen LogP contribution >= 0.6 is 27.3 Å². The molecule has 0 amide bonds. The minimum atomic E-state index is 0.238. The summed E-state index contributed by atoms with van der Waals surface area (Å²) in [5.41, 5.74) is 1.16. The van der Waals surface area contributed by atoms with Crippen molar-refractivity contribution in [3.8, 4) is 5.75 Å². The Kier molecular flexibility index (Phi) is 6.21. The number of rotatable bonds is 7. The average molecular weight is 369 g/mol. The molecule has 2 rings (SSSR count). The van der Waals surface area contributed by atoms with Gasteiger partial charge in [-0.15, -0.1) is 11.3 Å². The van der Waals surface area contributed by atoms with E-state index in [0.717, 1.165) is 40.4 Å². The summed E-state index contributed by atoms with van der Waals surface area (Å²) in [5, 5.41) is 4.64. The van der Waals surface area contributed by atoms with E-state index in [0.29, 0.717) is 0 Å². The Labute approximate surface area is 138 Å². The number of hydrogen-bond donors (Lipinski definition) is 1. The molecule has 5 heteroatoms. The highest BCUT2D eigenvalue weighted by molar-refractivity contribution is 9.10. The lowest BCUT2D eigenvalue weighted by Gasteiger charge is -2.15. The highest BCUT2D eigenvalue weighted by atomic mass is 79.9. The van der Waals surface area contributed by atoms with Crippen LogP contribution in [0.2, 0.25) is 0 Å². The highest BCUT2D eigenvalue weighted by Gasteiger charge is 2.11. The molecule has 1 atom stereocenters. The molecule has 0 radical (unpaired) electrons. The van der Waals surface area contributed by atoms with Gasteiger partial charge < -0.3 is 10.1 Å². The van der Waals surface area contributed by atoms with Crippen molar-refractivity contribution < 1.29 is 4.74 Å². The predicted octanol–water partition coefficient (Wildman–Crippen LogP) is 4.85. The lowest BCUT2D eigenvalue weighted by Crippen LogP contribution is -2.18. The summed E-state index contributed by atoms with van der Waals surface area (Å²) in [4.78, 5) is 5.68. The quantitative estimate of drug-likeness (QED) is 0.757. The first-order chi connectivity index (χ1) is 10.1. The fraction of sp³-hybridized carbons (Fsp3) is 0.438. The maximum atomic E-state index is 5.81. The Hall–Kier alpha value is -0.910. The number of halogens is 1. The van der Waals surface area contributed by atoms with E-state index in [9.17, 15) is 0 Å². The molecule has 114 valence electrons. The monoisotopic (exact) mass is 368 g/mol. The van der Waals surface area contributed by atoms with E-state index in [2.05, 4.69) is 53.1 Å². The van der Waals surface area contributed by atoms with E-state index in [1.807, 2.05) is 18.3 Å². The molecule has 0 aliphatic rings. The SMILES string of the molecule is CCCOc1ccc(Br)cc1CNC(C)c1ncc(C)s1. The molecule has 0 aliphatic carbocycles. The first-order valence-electron chi connectivity index (χ1n) is 7.17. The van der Waals surface area contributed by atoms with Crippen molar-refractivity contribution in [2.45, 2.75) is 39.8 Å². The van der Waals surface area contributed by atoms with E-state index < -0.39 is 0 Å². The number of ether oxygens (including phenoxy) is 1. The lowest BCUT2D eigenvalue weighted by molar-refractivity contribution is 0.312. The molecule has 1 heterocycles. The minimum Gasteiger partial charge on any atom is -0.493 e. The van der Waals surface area contributed by atoms with Crippen molar-refractivity contribution in [3.63, 3.8) is 0 Å². The van der Waals surface area contributed by atoms with Crippen molar-refractivity contribution in [2.75, 3.05) is 6.61 Å². The van der Waals surface area contributed by atoms with E-state index in [1.54, 1.807) is 11.3 Å². The zero-order chi connectivity index (χ0) is 15.2. The standard InChI is InChI=1S/C16H21BrN2OS/c1-4-7-20-15-6-5-14(17)8-13(15)10-18-12(3)16-19-9-11(2)21-16/h5-6,8-9,12,18H,4,7,10H2,1-3H3. The van der Waals surface area contributed by atoms with Gasteiger partial charge in [0.2, 0.25) is 0 Å². The summed E-state index contributed by atoms with van der Waals surface area (Å²) < 4.78 is 6.88. The van der Waals surface area contributed by atoms with E-state index in [-0.39, 0.29) is 6.04 Å². The van der Waals surface area contributed by atoms with Crippen LogP contribution in [-0.2, 0) is 6.54 Å². The molecule has 1 aromatic carbocycles. The molecule has 0 saturated carbocycles. The summed E-state index contributed by atoms with van der Waals surface area (Å²) in [6.07, 6.45) is 2.94. The van der Waals surface area contributed by atoms with Gasteiger partial charge >= 0.3 is 0 Å².